The van der Waals surface area contributed by atoms with Crippen molar-refractivity contribution in [2.24, 2.45) is 5.73 Å². The maximum atomic E-state index is 5.61. The summed E-state index contributed by atoms with van der Waals surface area (Å²) in [4.78, 5) is 0. The highest BCUT2D eigenvalue weighted by atomic mass is 79.9. The van der Waals surface area contributed by atoms with Crippen LogP contribution in [-0.4, -0.2) is 0 Å². The van der Waals surface area contributed by atoms with Crippen LogP contribution < -0.4 is 5.73 Å². The highest BCUT2D eigenvalue weighted by Gasteiger charge is 1.99. The van der Waals surface area contributed by atoms with Crippen molar-refractivity contribution >= 4 is 39.7 Å². The Hall–Kier alpha value is 0.430. The number of rotatable bonds is 1. The summed E-state index contributed by atoms with van der Waals surface area (Å²) in [5, 5.41) is 2.06. The Bertz CT molecular complexity index is 199. The molecule has 1 nitrogen and oxygen atoms in total. The topological polar surface area (TPSA) is 26.0 Å². The fourth-order valence-corrected chi connectivity index (χ4v) is 1.84. The minimum atomic E-state index is 0. The molecule has 1 atom stereocenters. The number of thiophene rings is 1. The molecular formula is C6H9BrClNS. The van der Waals surface area contributed by atoms with Crippen LogP contribution in [-0.2, 0) is 0 Å². The van der Waals surface area contributed by atoms with Gasteiger partial charge in [-0.05, 0) is 39.9 Å². The summed E-state index contributed by atoms with van der Waals surface area (Å²) in [7, 11) is 0. The van der Waals surface area contributed by atoms with Crippen molar-refractivity contribution in [3.63, 3.8) is 0 Å². The van der Waals surface area contributed by atoms with E-state index in [4.69, 9.17) is 5.73 Å². The van der Waals surface area contributed by atoms with E-state index in [0.717, 1.165) is 3.79 Å². The van der Waals surface area contributed by atoms with Crippen molar-refractivity contribution in [1.29, 1.82) is 0 Å². The summed E-state index contributed by atoms with van der Waals surface area (Å²) < 4.78 is 1.15. The standard InChI is InChI=1S/C6H8BrNS.ClH/c1-4(8)5-2-6(7)9-3-5;/h2-4H,8H2,1H3;1H/t4-;/m0./s1. The minimum Gasteiger partial charge on any atom is -0.324 e. The number of hydrogen-bond acceptors (Lipinski definition) is 2. The lowest BCUT2D eigenvalue weighted by molar-refractivity contribution is 0.822. The Labute approximate surface area is 79.2 Å². The maximum Gasteiger partial charge on any atom is 0.0701 e. The number of halogens is 2. The second-order valence-electron chi connectivity index (χ2n) is 1.97. The first-order chi connectivity index (χ1) is 4.20. The first-order valence-corrected chi connectivity index (χ1v) is 4.37. The van der Waals surface area contributed by atoms with Gasteiger partial charge >= 0.3 is 0 Å². The molecule has 0 amide bonds. The fraction of sp³-hybridized carbons (Fsp3) is 0.333. The molecule has 0 unspecified atom stereocenters. The Balaban J connectivity index is 0.000000810. The van der Waals surface area contributed by atoms with Crippen molar-refractivity contribution in [2.45, 2.75) is 13.0 Å². The van der Waals surface area contributed by atoms with Crippen LogP contribution in [0.1, 0.15) is 18.5 Å². The van der Waals surface area contributed by atoms with Gasteiger partial charge in [-0.3, -0.25) is 0 Å². The molecule has 1 aromatic heterocycles. The molecule has 0 spiro atoms. The smallest absolute Gasteiger partial charge is 0.0701 e. The largest absolute Gasteiger partial charge is 0.324 e. The summed E-state index contributed by atoms with van der Waals surface area (Å²) in [5.74, 6) is 0. The molecule has 58 valence electrons. The normalized spacial score (nSPS) is 12.3. The average Bonchev–Trinajstić information content (AvgIpc) is 2.14. The van der Waals surface area contributed by atoms with Crippen LogP contribution in [0.2, 0.25) is 0 Å². The van der Waals surface area contributed by atoms with Crippen molar-refractivity contribution < 1.29 is 0 Å². The van der Waals surface area contributed by atoms with E-state index in [0.29, 0.717) is 0 Å². The molecule has 0 saturated heterocycles. The van der Waals surface area contributed by atoms with Crippen LogP contribution in [0.5, 0.6) is 0 Å². The lowest BCUT2D eigenvalue weighted by Gasteiger charge is -1.97. The third-order valence-corrected chi connectivity index (χ3v) is 2.64. The number of hydrogen-bond donors (Lipinski definition) is 1. The lowest BCUT2D eigenvalue weighted by Crippen LogP contribution is -2.02. The van der Waals surface area contributed by atoms with Crippen molar-refractivity contribution in [3.05, 3.63) is 20.8 Å². The molecule has 0 aliphatic heterocycles. The van der Waals surface area contributed by atoms with E-state index in [-0.39, 0.29) is 18.4 Å². The van der Waals surface area contributed by atoms with E-state index < -0.39 is 0 Å². The van der Waals surface area contributed by atoms with Crippen LogP contribution in [0.3, 0.4) is 0 Å². The van der Waals surface area contributed by atoms with Crippen molar-refractivity contribution in [2.75, 3.05) is 0 Å². The van der Waals surface area contributed by atoms with Gasteiger partial charge in [0.2, 0.25) is 0 Å². The molecule has 1 rings (SSSR count). The second-order valence-corrected chi connectivity index (χ2v) is 4.26. The van der Waals surface area contributed by atoms with Crippen LogP contribution >= 0.6 is 39.7 Å². The summed E-state index contributed by atoms with van der Waals surface area (Å²) in [6.07, 6.45) is 0. The van der Waals surface area contributed by atoms with Gasteiger partial charge in [-0.1, -0.05) is 0 Å². The minimum absolute atomic E-state index is 0. The lowest BCUT2D eigenvalue weighted by atomic mass is 10.2. The Morgan fingerprint density at radius 2 is 2.30 bits per heavy atom. The van der Waals surface area contributed by atoms with Crippen molar-refractivity contribution in [1.82, 2.24) is 0 Å². The molecule has 0 saturated carbocycles. The van der Waals surface area contributed by atoms with Crippen LogP contribution in [0.15, 0.2) is 15.2 Å². The highest BCUT2D eigenvalue weighted by Crippen LogP contribution is 2.23. The average molecular weight is 243 g/mol. The van der Waals surface area contributed by atoms with Gasteiger partial charge < -0.3 is 5.73 Å². The summed E-state index contributed by atoms with van der Waals surface area (Å²) in [5.41, 5.74) is 6.81. The van der Waals surface area contributed by atoms with Crippen LogP contribution in [0.25, 0.3) is 0 Å². The van der Waals surface area contributed by atoms with Gasteiger partial charge in [0.1, 0.15) is 0 Å². The summed E-state index contributed by atoms with van der Waals surface area (Å²) >= 11 is 5.03. The molecule has 0 bridgehead atoms. The van der Waals surface area contributed by atoms with Gasteiger partial charge in [-0.25, -0.2) is 0 Å². The third kappa shape index (κ3) is 2.58. The van der Waals surface area contributed by atoms with Gasteiger partial charge in [-0.15, -0.1) is 23.7 Å². The Kier molecular flexibility index (Phi) is 4.52. The molecule has 0 radical (unpaired) electrons. The quantitative estimate of drug-likeness (QED) is 0.805. The van der Waals surface area contributed by atoms with E-state index in [1.807, 2.05) is 6.92 Å². The summed E-state index contributed by atoms with van der Waals surface area (Å²) in [6, 6.07) is 2.21. The molecular weight excluding hydrogens is 233 g/mol. The molecule has 10 heavy (non-hydrogen) atoms. The zero-order valence-corrected chi connectivity index (χ0v) is 8.72. The third-order valence-electron chi connectivity index (χ3n) is 1.11. The van der Waals surface area contributed by atoms with E-state index in [1.54, 1.807) is 11.3 Å². The van der Waals surface area contributed by atoms with Gasteiger partial charge in [0.15, 0.2) is 0 Å². The Morgan fingerprint density at radius 3 is 2.50 bits per heavy atom. The molecule has 4 heteroatoms. The second kappa shape index (κ2) is 4.34. The van der Waals surface area contributed by atoms with E-state index >= 15 is 0 Å². The maximum absolute atomic E-state index is 5.61. The van der Waals surface area contributed by atoms with Gasteiger partial charge in [0.05, 0.1) is 3.79 Å². The molecule has 0 fully saturated rings. The van der Waals surface area contributed by atoms with E-state index in [2.05, 4.69) is 27.4 Å². The molecule has 0 aromatic carbocycles. The molecule has 1 aromatic rings. The Morgan fingerprint density at radius 1 is 1.70 bits per heavy atom. The predicted molar refractivity (Wildman–Crippen MR) is 51.9 cm³/mol. The first kappa shape index (κ1) is 10.4. The van der Waals surface area contributed by atoms with Crippen LogP contribution in [0, 0.1) is 0 Å². The first-order valence-electron chi connectivity index (χ1n) is 2.69. The van der Waals surface area contributed by atoms with E-state index in [1.165, 1.54) is 5.56 Å². The highest BCUT2D eigenvalue weighted by molar-refractivity contribution is 9.11. The van der Waals surface area contributed by atoms with E-state index in [9.17, 15) is 0 Å². The molecule has 2 N–H and O–H groups in total. The van der Waals surface area contributed by atoms with Crippen LogP contribution in [0.4, 0.5) is 0 Å². The van der Waals surface area contributed by atoms with Gasteiger partial charge in [0.25, 0.3) is 0 Å². The SMILES string of the molecule is C[C@H](N)c1csc(Br)c1.Cl. The number of nitrogens with two attached hydrogens (primary N) is 1. The zero-order chi connectivity index (χ0) is 6.85. The predicted octanol–water partition coefficient (Wildman–Crippen LogP) is 2.95. The molecule has 0 aliphatic carbocycles. The molecule has 0 aliphatic rings. The van der Waals surface area contributed by atoms with Gasteiger partial charge in [0, 0.05) is 6.04 Å². The van der Waals surface area contributed by atoms with Crippen molar-refractivity contribution in [3.8, 4) is 0 Å². The summed E-state index contributed by atoms with van der Waals surface area (Å²) in [6.45, 7) is 1.98. The fourth-order valence-electron chi connectivity index (χ4n) is 0.562. The molecule has 1 heterocycles. The zero-order valence-electron chi connectivity index (χ0n) is 5.50. The van der Waals surface area contributed by atoms with Gasteiger partial charge in [-0.2, -0.15) is 0 Å². The monoisotopic (exact) mass is 241 g/mol.